The number of carboxylic acid groups (broad SMARTS) is 1. The molecule has 0 spiro atoms. The molecule has 0 aromatic rings. The van der Waals surface area contributed by atoms with Crippen LogP contribution in [0.4, 0.5) is 4.79 Å². The third-order valence-electron chi connectivity index (χ3n) is 4.85. The van der Waals surface area contributed by atoms with Crippen LogP contribution in [0.25, 0.3) is 0 Å². The molecule has 1 aliphatic carbocycles. The molecule has 2 rings (SSSR count). The van der Waals surface area contributed by atoms with Crippen molar-refractivity contribution in [2.24, 2.45) is 5.92 Å². The Labute approximate surface area is 114 Å². The molecular formula is C14H24N2O3. The molecule has 2 fully saturated rings. The second kappa shape index (κ2) is 5.39. The average molecular weight is 268 g/mol. The molecule has 1 saturated carbocycles. The van der Waals surface area contributed by atoms with E-state index in [1.165, 1.54) is 0 Å². The van der Waals surface area contributed by atoms with Gasteiger partial charge in [-0.05, 0) is 38.5 Å². The van der Waals surface area contributed by atoms with E-state index >= 15 is 0 Å². The molecule has 108 valence electrons. The van der Waals surface area contributed by atoms with Crippen molar-refractivity contribution in [3.8, 4) is 0 Å². The van der Waals surface area contributed by atoms with E-state index in [1.807, 2.05) is 6.92 Å². The van der Waals surface area contributed by atoms with Crippen LogP contribution in [0.1, 0.15) is 52.4 Å². The van der Waals surface area contributed by atoms with Crippen molar-refractivity contribution in [3.05, 3.63) is 0 Å². The molecule has 2 aliphatic rings. The Morgan fingerprint density at radius 2 is 1.84 bits per heavy atom. The third-order valence-corrected chi connectivity index (χ3v) is 4.85. The van der Waals surface area contributed by atoms with Gasteiger partial charge in [0.1, 0.15) is 5.54 Å². The summed E-state index contributed by atoms with van der Waals surface area (Å²) in [7, 11) is 0. The van der Waals surface area contributed by atoms with Crippen LogP contribution in [0.2, 0.25) is 0 Å². The highest BCUT2D eigenvalue weighted by molar-refractivity contribution is 5.86. The molecule has 2 atom stereocenters. The Balaban J connectivity index is 2.05. The van der Waals surface area contributed by atoms with Crippen LogP contribution in [-0.4, -0.2) is 40.1 Å². The highest BCUT2D eigenvalue weighted by Crippen LogP contribution is 2.31. The minimum Gasteiger partial charge on any atom is -0.480 e. The fourth-order valence-corrected chi connectivity index (χ4v) is 3.27. The first-order valence-corrected chi connectivity index (χ1v) is 7.28. The minimum atomic E-state index is -1.03. The maximum absolute atomic E-state index is 12.4. The summed E-state index contributed by atoms with van der Waals surface area (Å²) in [5.41, 5.74) is -1.03. The van der Waals surface area contributed by atoms with Gasteiger partial charge in [0.2, 0.25) is 0 Å². The van der Waals surface area contributed by atoms with E-state index in [4.69, 9.17) is 0 Å². The standard InChI is InChI=1S/C14H24N2O3/c1-10-6-5-9-16(11(10)2)13(19)15-14(12(17)18)7-3-4-8-14/h10-11H,3-9H2,1-2H3,(H,15,19)(H,17,18). The molecule has 2 unspecified atom stereocenters. The molecule has 0 bridgehead atoms. The zero-order valence-corrected chi connectivity index (χ0v) is 11.8. The largest absolute Gasteiger partial charge is 0.480 e. The van der Waals surface area contributed by atoms with Crippen LogP contribution in [0.3, 0.4) is 0 Å². The van der Waals surface area contributed by atoms with E-state index in [-0.39, 0.29) is 12.1 Å². The minimum absolute atomic E-state index is 0.181. The van der Waals surface area contributed by atoms with Gasteiger partial charge in [0, 0.05) is 12.6 Å². The maximum Gasteiger partial charge on any atom is 0.329 e. The van der Waals surface area contributed by atoms with E-state index < -0.39 is 11.5 Å². The van der Waals surface area contributed by atoms with Crippen molar-refractivity contribution >= 4 is 12.0 Å². The van der Waals surface area contributed by atoms with Gasteiger partial charge in [-0.25, -0.2) is 9.59 Å². The number of nitrogens with zero attached hydrogens (tertiary/aromatic N) is 1. The van der Waals surface area contributed by atoms with Crippen molar-refractivity contribution in [1.82, 2.24) is 10.2 Å². The van der Waals surface area contributed by atoms with Gasteiger partial charge in [0.05, 0.1) is 0 Å². The van der Waals surface area contributed by atoms with Crippen LogP contribution in [0.5, 0.6) is 0 Å². The van der Waals surface area contributed by atoms with Gasteiger partial charge in [-0.2, -0.15) is 0 Å². The first kappa shape index (κ1) is 14.2. The summed E-state index contributed by atoms with van der Waals surface area (Å²) >= 11 is 0. The van der Waals surface area contributed by atoms with Gasteiger partial charge in [-0.1, -0.05) is 19.8 Å². The molecule has 5 heteroatoms. The summed E-state index contributed by atoms with van der Waals surface area (Å²) in [4.78, 5) is 25.6. The van der Waals surface area contributed by atoms with Crippen LogP contribution in [0.15, 0.2) is 0 Å². The molecular weight excluding hydrogens is 244 g/mol. The van der Waals surface area contributed by atoms with Crippen LogP contribution >= 0.6 is 0 Å². The Kier molecular flexibility index (Phi) is 4.02. The van der Waals surface area contributed by atoms with Crippen LogP contribution < -0.4 is 5.32 Å². The SMILES string of the molecule is CC1CCCN(C(=O)NC2(C(=O)O)CCCC2)C1C. The molecule has 0 aromatic carbocycles. The van der Waals surface area contributed by atoms with Crippen molar-refractivity contribution in [2.75, 3.05) is 6.54 Å². The topological polar surface area (TPSA) is 69.6 Å². The normalized spacial score (nSPS) is 30.1. The summed E-state index contributed by atoms with van der Waals surface area (Å²) in [6.45, 7) is 4.92. The lowest BCUT2D eigenvalue weighted by atomic mass is 9.92. The number of carbonyl (C=O) groups is 2. The predicted octanol–water partition coefficient (Wildman–Crippen LogP) is 2.21. The first-order chi connectivity index (χ1) is 8.96. The van der Waals surface area contributed by atoms with Gasteiger partial charge >= 0.3 is 12.0 Å². The fourth-order valence-electron chi connectivity index (χ4n) is 3.27. The zero-order valence-electron chi connectivity index (χ0n) is 11.8. The summed E-state index contributed by atoms with van der Waals surface area (Å²) < 4.78 is 0. The zero-order chi connectivity index (χ0) is 14.0. The van der Waals surface area contributed by atoms with Crippen molar-refractivity contribution in [3.63, 3.8) is 0 Å². The van der Waals surface area contributed by atoms with Gasteiger partial charge in [-0.3, -0.25) is 0 Å². The van der Waals surface area contributed by atoms with Gasteiger partial charge in [-0.15, -0.1) is 0 Å². The van der Waals surface area contributed by atoms with E-state index in [2.05, 4.69) is 12.2 Å². The Morgan fingerprint density at radius 1 is 1.21 bits per heavy atom. The van der Waals surface area contributed by atoms with E-state index in [0.717, 1.165) is 32.2 Å². The Morgan fingerprint density at radius 3 is 2.42 bits per heavy atom. The highest BCUT2D eigenvalue weighted by Gasteiger charge is 2.44. The quantitative estimate of drug-likeness (QED) is 0.806. The second-order valence-electron chi connectivity index (χ2n) is 6.08. The Hall–Kier alpha value is -1.26. The van der Waals surface area contributed by atoms with Gasteiger partial charge in [0.15, 0.2) is 0 Å². The lowest BCUT2D eigenvalue weighted by molar-refractivity contribution is -0.144. The molecule has 2 N–H and O–H groups in total. The number of amides is 2. The summed E-state index contributed by atoms with van der Waals surface area (Å²) in [6, 6.07) is -0.0238. The summed E-state index contributed by atoms with van der Waals surface area (Å²) in [5, 5.41) is 12.2. The molecule has 0 radical (unpaired) electrons. The number of hydrogen-bond donors (Lipinski definition) is 2. The number of piperidine rings is 1. The molecule has 1 aliphatic heterocycles. The maximum atomic E-state index is 12.4. The lowest BCUT2D eigenvalue weighted by Gasteiger charge is -2.39. The fraction of sp³-hybridized carbons (Fsp3) is 0.857. The van der Waals surface area contributed by atoms with Crippen molar-refractivity contribution in [1.29, 1.82) is 0 Å². The van der Waals surface area contributed by atoms with Crippen molar-refractivity contribution in [2.45, 2.75) is 64.0 Å². The molecule has 0 aromatic heterocycles. The number of likely N-dealkylation sites (tertiary alicyclic amines) is 1. The van der Waals surface area contributed by atoms with Gasteiger partial charge < -0.3 is 15.3 Å². The molecule has 5 nitrogen and oxygen atoms in total. The molecule has 2 amide bonds. The van der Waals surface area contributed by atoms with Crippen LogP contribution in [-0.2, 0) is 4.79 Å². The highest BCUT2D eigenvalue weighted by atomic mass is 16.4. The smallest absolute Gasteiger partial charge is 0.329 e. The predicted molar refractivity (Wildman–Crippen MR) is 71.9 cm³/mol. The third kappa shape index (κ3) is 2.69. The monoisotopic (exact) mass is 268 g/mol. The first-order valence-electron chi connectivity index (χ1n) is 7.28. The number of rotatable bonds is 2. The van der Waals surface area contributed by atoms with E-state index in [0.29, 0.717) is 18.8 Å². The number of nitrogens with one attached hydrogen (secondary N) is 1. The number of hydrogen-bond acceptors (Lipinski definition) is 2. The summed E-state index contributed by atoms with van der Waals surface area (Å²) in [6.07, 6.45) is 4.97. The average Bonchev–Trinajstić information content (AvgIpc) is 2.82. The number of urea groups is 1. The van der Waals surface area contributed by atoms with E-state index in [1.54, 1.807) is 4.90 Å². The Bertz CT molecular complexity index is 364. The van der Waals surface area contributed by atoms with E-state index in [9.17, 15) is 14.7 Å². The number of carboxylic acids is 1. The van der Waals surface area contributed by atoms with Gasteiger partial charge in [0.25, 0.3) is 0 Å². The lowest BCUT2D eigenvalue weighted by Crippen LogP contribution is -2.59. The molecule has 19 heavy (non-hydrogen) atoms. The molecule has 1 heterocycles. The number of aliphatic carboxylic acids is 1. The second-order valence-corrected chi connectivity index (χ2v) is 6.08. The number of carbonyl (C=O) groups excluding carboxylic acids is 1. The molecule has 1 saturated heterocycles. The van der Waals surface area contributed by atoms with Crippen molar-refractivity contribution < 1.29 is 14.7 Å². The summed E-state index contributed by atoms with van der Waals surface area (Å²) in [5.74, 6) is -0.417. The van der Waals surface area contributed by atoms with Crippen LogP contribution in [0, 0.1) is 5.92 Å².